The zero-order valence-electron chi connectivity index (χ0n) is 29.0. The van der Waals surface area contributed by atoms with Crippen molar-refractivity contribution in [3.05, 3.63) is 96.1 Å². The zero-order valence-corrected chi connectivity index (χ0v) is 29.0. The summed E-state index contributed by atoms with van der Waals surface area (Å²) in [6, 6.07) is 20.1. The number of carbonyl (C=O) groups is 1. The van der Waals surface area contributed by atoms with Crippen LogP contribution < -0.4 is 9.78 Å². The van der Waals surface area contributed by atoms with Gasteiger partial charge in [-0.1, -0.05) is 120 Å². The summed E-state index contributed by atoms with van der Waals surface area (Å²) in [7, 11) is 0. The summed E-state index contributed by atoms with van der Waals surface area (Å²) in [6.07, 6.45) is 13.2. The standard InChI is InChI=1S/C36H46O7.C4H8O/c1-4-6-8-10-12-14-32-24-30(20-22-34(32)40-42-36(38)27(3)26-37)28-16-18-29(19-17-28)31-21-23-35(41-43-39)33(25-31)15-13-11-9-7-5-2;1-4(2)3-5/h16-25,37,39H,3-15,26H2,1-2H3;5H,1,3H2,2H3. The first-order valence-corrected chi connectivity index (χ1v) is 17.0. The highest BCUT2D eigenvalue weighted by atomic mass is 17.5. The van der Waals surface area contributed by atoms with Gasteiger partial charge in [-0.3, -0.25) is 4.89 Å². The minimum Gasteiger partial charge on any atom is -0.392 e. The van der Waals surface area contributed by atoms with Gasteiger partial charge in [0.2, 0.25) is 0 Å². The highest BCUT2D eigenvalue weighted by Crippen LogP contribution is 2.32. The maximum atomic E-state index is 12.0. The summed E-state index contributed by atoms with van der Waals surface area (Å²) in [6.45, 7) is 12.7. The largest absolute Gasteiger partial charge is 0.392 e. The predicted molar refractivity (Wildman–Crippen MR) is 191 cm³/mol. The molecule has 0 aliphatic carbocycles. The number of aliphatic hydroxyl groups is 2. The fraction of sp³-hybridized carbons (Fsp3) is 0.425. The molecule has 3 rings (SSSR count). The van der Waals surface area contributed by atoms with E-state index in [0.29, 0.717) is 11.5 Å². The molecule has 0 atom stereocenters. The molecular weight excluding hydrogens is 608 g/mol. The van der Waals surface area contributed by atoms with E-state index in [-0.39, 0.29) is 12.2 Å². The van der Waals surface area contributed by atoms with Gasteiger partial charge in [-0.25, -0.2) is 14.9 Å². The maximum Gasteiger partial charge on any atom is 0.383 e. The van der Waals surface area contributed by atoms with Crippen LogP contribution in [0.15, 0.2) is 85.0 Å². The van der Waals surface area contributed by atoms with E-state index in [9.17, 15) is 4.79 Å². The van der Waals surface area contributed by atoms with Crippen LogP contribution in [0, 0.1) is 0 Å². The van der Waals surface area contributed by atoms with Gasteiger partial charge in [0, 0.05) is 5.56 Å². The van der Waals surface area contributed by atoms with Gasteiger partial charge in [0.25, 0.3) is 0 Å². The maximum absolute atomic E-state index is 12.0. The first kappa shape index (κ1) is 40.2. The van der Waals surface area contributed by atoms with E-state index in [1.54, 1.807) is 6.92 Å². The third kappa shape index (κ3) is 14.4. The van der Waals surface area contributed by atoms with Gasteiger partial charge in [0.1, 0.15) is 0 Å². The quantitative estimate of drug-likeness (QED) is 0.0340. The van der Waals surface area contributed by atoms with Gasteiger partial charge >= 0.3 is 5.97 Å². The van der Waals surface area contributed by atoms with Gasteiger partial charge in [-0.2, -0.15) is 0 Å². The summed E-state index contributed by atoms with van der Waals surface area (Å²) in [5.74, 6) is 0.208. The average Bonchev–Trinajstić information content (AvgIpc) is 3.11. The fourth-order valence-electron chi connectivity index (χ4n) is 5.01. The number of carbonyl (C=O) groups excluding carboxylic acids is 1. The molecule has 8 nitrogen and oxygen atoms in total. The van der Waals surface area contributed by atoms with Crippen molar-refractivity contribution < 1.29 is 40.0 Å². The lowest BCUT2D eigenvalue weighted by molar-refractivity contribution is -0.439. The summed E-state index contributed by atoms with van der Waals surface area (Å²) in [4.78, 5) is 27.3. The number of hydrogen-bond acceptors (Lipinski definition) is 8. The fourth-order valence-corrected chi connectivity index (χ4v) is 5.01. The minimum absolute atomic E-state index is 0.0687. The van der Waals surface area contributed by atoms with Gasteiger partial charge in [0.05, 0.1) is 18.8 Å². The molecule has 0 unspecified atom stereocenters. The Morgan fingerprint density at radius 2 is 1.04 bits per heavy atom. The Bertz CT molecular complexity index is 1400. The monoisotopic (exact) mass is 662 g/mol. The lowest BCUT2D eigenvalue weighted by Crippen LogP contribution is -2.13. The molecule has 8 heteroatoms. The van der Waals surface area contributed by atoms with E-state index in [4.69, 9.17) is 30.1 Å². The lowest BCUT2D eigenvalue weighted by Gasteiger charge is -2.13. The van der Waals surface area contributed by atoms with Crippen LogP contribution in [0.2, 0.25) is 0 Å². The Morgan fingerprint density at radius 1 is 0.625 bits per heavy atom. The van der Waals surface area contributed by atoms with Crippen molar-refractivity contribution in [1.82, 2.24) is 0 Å². The Kier molecular flexibility index (Phi) is 19.6. The number of hydrogen-bond donors (Lipinski definition) is 3. The second kappa shape index (κ2) is 23.4. The zero-order chi connectivity index (χ0) is 35.1. The second-order valence-corrected chi connectivity index (χ2v) is 12.0. The second-order valence-electron chi connectivity index (χ2n) is 12.0. The van der Waals surface area contributed by atoms with Crippen LogP contribution in [0.4, 0.5) is 0 Å². The Hall–Kier alpha value is -3.95. The molecule has 0 aliphatic rings. The van der Waals surface area contributed by atoms with Crippen molar-refractivity contribution in [2.45, 2.75) is 97.8 Å². The van der Waals surface area contributed by atoms with Crippen LogP contribution in [-0.4, -0.2) is 34.7 Å². The molecule has 0 saturated heterocycles. The third-order valence-corrected chi connectivity index (χ3v) is 7.86. The van der Waals surface area contributed by atoms with Crippen molar-refractivity contribution in [1.29, 1.82) is 0 Å². The van der Waals surface area contributed by atoms with Crippen molar-refractivity contribution >= 4 is 5.97 Å². The van der Waals surface area contributed by atoms with Gasteiger partial charge < -0.3 is 15.1 Å². The first-order chi connectivity index (χ1) is 23.3. The molecule has 0 aliphatic heterocycles. The highest BCUT2D eigenvalue weighted by Gasteiger charge is 2.14. The summed E-state index contributed by atoms with van der Waals surface area (Å²) in [5, 5.41) is 30.0. The van der Waals surface area contributed by atoms with Crippen LogP contribution in [-0.2, 0) is 27.6 Å². The van der Waals surface area contributed by atoms with Crippen LogP contribution in [0.5, 0.6) is 11.5 Å². The SMILES string of the molecule is C=C(C)CO.C=C(CO)C(=O)OOc1ccc(-c2ccc(-c3ccc(OOO)c(CCCCCCC)c3)cc2)cc1CCCCCCC. The van der Waals surface area contributed by atoms with E-state index in [2.05, 4.69) is 68.4 Å². The molecule has 0 saturated carbocycles. The van der Waals surface area contributed by atoms with Crippen LogP contribution in [0.1, 0.15) is 96.1 Å². The van der Waals surface area contributed by atoms with Crippen LogP contribution in [0.25, 0.3) is 22.3 Å². The van der Waals surface area contributed by atoms with E-state index in [0.717, 1.165) is 77.5 Å². The molecule has 3 aromatic rings. The Morgan fingerprint density at radius 3 is 1.44 bits per heavy atom. The number of aryl methyl sites for hydroxylation is 2. The molecule has 48 heavy (non-hydrogen) atoms. The summed E-state index contributed by atoms with van der Waals surface area (Å²) in [5.41, 5.74) is 6.90. The van der Waals surface area contributed by atoms with E-state index >= 15 is 0 Å². The predicted octanol–water partition coefficient (Wildman–Crippen LogP) is 9.77. The van der Waals surface area contributed by atoms with E-state index < -0.39 is 12.6 Å². The Labute approximate surface area is 286 Å². The molecule has 0 bridgehead atoms. The van der Waals surface area contributed by atoms with Crippen molar-refractivity contribution in [3.8, 4) is 33.8 Å². The molecule has 3 N–H and O–H groups in total. The molecular formula is C40H54O8. The number of benzene rings is 3. The van der Waals surface area contributed by atoms with E-state index in [1.165, 1.54) is 38.5 Å². The number of unbranched alkanes of at least 4 members (excludes halogenated alkanes) is 8. The normalized spacial score (nSPS) is 10.5. The molecule has 3 aromatic carbocycles. The van der Waals surface area contributed by atoms with Crippen molar-refractivity contribution in [2.75, 3.05) is 13.2 Å². The number of rotatable bonds is 21. The van der Waals surface area contributed by atoms with Crippen LogP contribution >= 0.6 is 0 Å². The summed E-state index contributed by atoms with van der Waals surface area (Å²) >= 11 is 0. The van der Waals surface area contributed by atoms with Gasteiger partial charge in [0.15, 0.2) is 11.5 Å². The van der Waals surface area contributed by atoms with Crippen LogP contribution in [0.3, 0.4) is 0 Å². The van der Waals surface area contributed by atoms with Gasteiger partial charge in [-0.15, -0.1) is 0 Å². The third-order valence-electron chi connectivity index (χ3n) is 7.86. The summed E-state index contributed by atoms with van der Waals surface area (Å²) < 4.78 is 0. The number of aliphatic hydroxyl groups excluding tert-OH is 2. The van der Waals surface area contributed by atoms with Crippen molar-refractivity contribution in [3.63, 3.8) is 0 Å². The molecule has 0 spiro atoms. The molecule has 0 fully saturated rings. The van der Waals surface area contributed by atoms with E-state index in [1.807, 2.05) is 24.3 Å². The smallest absolute Gasteiger partial charge is 0.383 e. The minimum atomic E-state index is -0.792. The molecule has 0 heterocycles. The molecule has 0 amide bonds. The lowest BCUT2D eigenvalue weighted by atomic mass is 9.95. The molecule has 0 radical (unpaired) electrons. The topological polar surface area (TPSA) is 115 Å². The average molecular weight is 663 g/mol. The molecule has 262 valence electrons. The first-order valence-electron chi connectivity index (χ1n) is 17.0. The van der Waals surface area contributed by atoms with Gasteiger partial charge in [-0.05, 0) is 89.7 Å². The van der Waals surface area contributed by atoms with Crippen molar-refractivity contribution in [2.24, 2.45) is 0 Å². The highest BCUT2D eigenvalue weighted by molar-refractivity contribution is 5.87. The molecule has 0 aromatic heterocycles. The Balaban J connectivity index is 0.00000149.